The molecule has 0 saturated carbocycles. The van der Waals surface area contributed by atoms with Crippen molar-refractivity contribution in [1.29, 1.82) is 0 Å². The summed E-state index contributed by atoms with van der Waals surface area (Å²) in [6.07, 6.45) is 1.19. The third kappa shape index (κ3) is 5.36. The van der Waals surface area contributed by atoms with Crippen molar-refractivity contribution in [3.05, 3.63) is 75.7 Å². The smallest absolute Gasteiger partial charge is 0.287 e. The van der Waals surface area contributed by atoms with Crippen molar-refractivity contribution >= 4 is 21.8 Å². The van der Waals surface area contributed by atoms with Gasteiger partial charge >= 0.3 is 0 Å². The first kappa shape index (κ1) is 21.8. The molecule has 3 rings (SSSR count). The van der Waals surface area contributed by atoms with Crippen LogP contribution in [-0.2, 0) is 12.8 Å². The predicted molar refractivity (Wildman–Crippen MR) is 118 cm³/mol. The van der Waals surface area contributed by atoms with E-state index in [1.807, 2.05) is 36.4 Å². The minimum atomic E-state index is -0.244. The summed E-state index contributed by atoms with van der Waals surface area (Å²) in [4.78, 5) is 12.4. The Hall–Kier alpha value is -2.93. The summed E-state index contributed by atoms with van der Waals surface area (Å²) in [7, 11) is 4.86. The normalized spacial score (nSPS) is 10.5. The number of carbonyl (C=O) groups excluding carboxylic acids is 1. The Morgan fingerprint density at radius 1 is 0.967 bits per heavy atom. The highest BCUT2D eigenvalue weighted by molar-refractivity contribution is 9.10. The molecule has 30 heavy (non-hydrogen) atoms. The Morgan fingerprint density at radius 2 is 1.73 bits per heavy atom. The quantitative estimate of drug-likeness (QED) is 0.490. The molecule has 0 bridgehead atoms. The molecule has 0 aliphatic heterocycles. The lowest BCUT2D eigenvalue weighted by atomic mass is 10.1. The van der Waals surface area contributed by atoms with E-state index in [4.69, 9.17) is 18.6 Å². The number of furan rings is 1. The second-order valence-electron chi connectivity index (χ2n) is 6.60. The molecule has 3 aromatic rings. The maximum Gasteiger partial charge on any atom is 0.287 e. The Kier molecular flexibility index (Phi) is 7.41. The maximum absolute atomic E-state index is 12.4. The van der Waals surface area contributed by atoms with Crippen LogP contribution in [-0.4, -0.2) is 33.8 Å². The van der Waals surface area contributed by atoms with Crippen molar-refractivity contribution in [2.45, 2.75) is 12.8 Å². The van der Waals surface area contributed by atoms with Gasteiger partial charge in [0.1, 0.15) is 23.0 Å². The van der Waals surface area contributed by atoms with Crippen LogP contribution in [0.4, 0.5) is 0 Å². The molecule has 0 unspecified atom stereocenters. The Labute approximate surface area is 184 Å². The van der Waals surface area contributed by atoms with Gasteiger partial charge in [-0.05, 0) is 70.4 Å². The molecular formula is C23H24BrNO5. The molecule has 0 aliphatic carbocycles. The van der Waals surface area contributed by atoms with E-state index < -0.39 is 0 Å². The van der Waals surface area contributed by atoms with E-state index in [2.05, 4.69) is 21.2 Å². The zero-order chi connectivity index (χ0) is 21.5. The molecular weight excluding hydrogens is 450 g/mol. The molecule has 0 aliphatic rings. The van der Waals surface area contributed by atoms with Gasteiger partial charge in [-0.15, -0.1) is 0 Å². The van der Waals surface area contributed by atoms with Gasteiger partial charge in [-0.2, -0.15) is 0 Å². The average molecular weight is 474 g/mol. The molecule has 0 saturated heterocycles. The van der Waals surface area contributed by atoms with Gasteiger partial charge in [0.05, 0.1) is 25.8 Å². The number of halogens is 1. The summed E-state index contributed by atoms with van der Waals surface area (Å²) >= 11 is 3.47. The van der Waals surface area contributed by atoms with Crippen molar-refractivity contribution in [3.63, 3.8) is 0 Å². The number of amides is 1. The van der Waals surface area contributed by atoms with Crippen LogP contribution in [0, 0.1) is 0 Å². The standard InChI is InChI=1S/C23H24BrNO5/c1-27-17-5-8-20(28-2)16(13-17)14-18-6-9-22(30-18)23(26)25-11-10-15-4-7-21(29-3)19(24)12-15/h4-9,12-13H,10-11,14H2,1-3H3,(H,25,26). The van der Waals surface area contributed by atoms with E-state index in [9.17, 15) is 4.79 Å². The van der Waals surface area contributed by atoms with Crippen LogP contribution in [0.25, 0.3) is 0 Å². The molecule has 0 radical (unpaired) electrons. The van der Waals surface area contributed by atoms with Crippen molar-refractivity contribution < 1.29 is 23.4 Å². The molecule has 6 nitrogen and oxygen atoms in total. The van der Waals surface area contributed by atoms with Gasteiger partial charge in [0.25, 0.3) is 5.91 Å². The number of hydrogen-bond acceptors (Lipinski definition) is 5. The first-order valence-corrected chi connectivity index (χ1v) is 10.2. The number of nitrogens with one attached hydrogen (secondary N) is 1. The number of rotatable bonds is 9. The zero-order valence-corrected chi connectivity index (χ0v) is 18.7. The number of ether oxygens (including phenoxy) is 3. The monoisotopic (exact) mass is 473 g/mol. The number of hydrogen-bond donors (Lipinski definition) is 1. The third-order valence-electron chi connectivity index (χ3n) is 4.65. The highest BCUT2D eigenvalue weighted by Crippen LogP contribution is 2.27. The van der Waals surface area contributed by atoms with Gasteiger partial charge in [0.2, 0.25) is 0 Å². The van der Waals surface area contributed by atoms with Crippen LogP contribution in [0.3, 0.4) is 0 Å². The SMILES string of the molecule is COc1ccc(OC)c(Cc2ccc(C(=O)NCCc3ccc(OC)c(Br)c3)o2)c1. The molecule has 0 spiro atoms. The fourth-order valence-corrected chi connectivity index (χ4v) is 3.66. The fraction of sp³-hybridized carbons (Fsp3) is 0.261. The fourth-order valence-electron chi connectivity index (χ4n) is 3.08. The van der Waals surface area contributed by atoms with Crippen molar-refractivity contribution in [3.8, 4) is 17.2 Å². The topological polar surface area (TPSA) is 69.9 Å². The first-order valence-electron chi connectivity index (χ1n) is 9.44. The van der Waals surface area contributed by atoms with E-state index in [0.717, 1.165) is 32.8 Å². The molecule has 1 amide bonds. The number of benzene rings is 2. The molecule has 2 aromatic carbocycles. The van der Waals surface area contributed by atoms with Gasteiger partial charge < -0.3 is 23.9 Å². The van der Waals surface area contributed by atoms with Crippen LogP contribution in [0.5, 0.6) is 17.2 Å². The summed E-state index contributed by atoms with van der Waals surface area (Å²) in [6.45, 7) is 0.497. The lowest BCUT2D eigenvalue weighted by Gasteiger charge is -2.09. The predicted octanol–water partition coefficient (Wildman–Crippen LogP) is 4.63. The minimum absolute atomic E-state index is 0.244. The summed E-state index contributed by atoms with van der Waals surface area (Å²) in [5.74, 6) is 2.96. The van der Waals surface area contributed by atoms with Crippen LogP contribution >= 0.6 is 15.9 Å². The average Bonchev–Trinajstić information content (AvgIpc) is 3.22. The van der Waals surface area contributed by atoms with Gasteiger partial charge in [-0.3, -0.25) is 4.79 Å². The van der Waals surface area contributed by atoms with Gasteiger partial charge in [-0.25, -0.2) is 0 Å². The van der Waals surface area contributed by atoms with Crippen LogP contribution < -0.4 is 19.5 Å². The second kappa shape index (κ2) is 10.2. The molecule has 158 valence electrons. The highest BCUT2D eigenvalue weighted by atomic mass is 79.9. The van der Waals surface area contributed by atoms with E-state index in [1.165, 1.54) is 0 Å². The zero-order valence-electron chi connectivity index (χ0n) is 17.2. The maximum atomic E-state index is 12.4. The molecule has 0 fully saturated rings. The van der Waals surface area contributed by atoms with Gasteiger partial charge in [-0.1, -0.05) is 6.07 Å². The van der Waals surface area contributed by atoms with E-state index in [0.29, 0.717) is 25.1 Å². The lowest BCUT2D eigenvalue weighted by Crippen LogP contribution is -2.25. The first-order chi connectivity index (χ1) is 14.5. The lowest BCUT2D eigenvalue weighted by molar-refractivity contribution is 0.0925. The minimum Gasteiger partial charge on any atom is -0.497 e. The summed E-state index contributed by atoms with van der Waals surface area (Å²) < 4.78 is 22.5. The van der Waals surface area contributed by atoms with Crippen molar-refractivity contribution in [2.75, 3.05) is 27.9 Å². The highest BCUT2D eigenvalue weighted by Gasteiger charge is 2.13. The second-order valence-corrected chi connectivity index (χ2v) is 7.45. The summed E-state index contributed by atoms with van der Waals surface area (Å²) in [5.41, 5.74) is 2.01. The summed E-state index contributed by atoms with van der Waals surface area (Å²) in [6, 6.07) is 14.9. The van der Waals surface area contributed by atoms with E-state index in [1.54, 1.807) is 33.5 Å². The molecule has 1 aromatic heterocycles. The van der Waals surface area contributed by atoms with Gasteiger partial charge in [0, 0.05) is 18.5 Å². The van der Waals surface area contributed by atoms with Crippen LogP contribution in [0.1, 0.15) is 27.4 Å². The Bertz CT molecular complexity index is 1010. The third-order valence-corrected chi connectivity index (χ3v) is 5.27. The van der Waals surface area contributed by atoms with Crippen LogP contribution in [0.2, 0.25) is 0 Å². The van der Waals surface area contributed by atoms with Crippen molar-refractivity contribution in [1.82, 2.24) is 5.32 Å². The van der Waals surface area contributed by atoms with Gasteiger partial charge in [0.15, 0.2) is 5.76 Å². The Balaban J connectivity index is 1.58. The molecule has 0 atom stereocenters. The molecule has 1 heterocycles. The van der Waals surface area contributed by atoms with E-state index >= 15 is 0 Å². The molecule has 1 N–H and O–H groups in total. The largest absolute Gasteiger partial charge is 0.497 e. The van der Waals surface area contributed by atoms with Crippen LogP contribution in [0.15, 0.2) is 57.4 Å². The number of methoxy groups -OCH3 is 3. The summed E-state index contributed by atoms with van der Waals surface area (Å²) in [5, 5.41) is 2.89. The Morgan fingerprint density at radius 3 is 2.43 bits per heavy atom. The van der Waals surface area contributed by atoms with E-state index in [-0.39, 0.29) is 11.7 Å². The van der Waals surface area contributed by atoms with Crippen molar-refractivity contribution in [2.24, 2.45) is 0 Å². The number of carbonyl (C=O) groups is 1. The molecule has 7 heteroatoms.